The van der Waals surface area contributed by atoms with Crippen LogP contribution >= 0.6 is 22.9 Å². The predicted molar refractivity (Wildman–Crippen MR) is 105 cm³/mol. The molecule has 1 aromatic carbocycles. The SMILES string of the molecule is CC(=O)NC1(C(=O)Nc2ncc(Cc3ccccc3Cl)s2)CCCCC1. The molecular weight excluding hydrogens is 370 g/mol. The maximum atomic E-state index is 12.9. The molecular formula is C19H22ClN3O2S. The highest BCUT2D eigenvalue weighted by Crippen LogP contribution is 2.31. The molecule has 1 aromatic heterocycles. The Morgan fingerprint density at radius 1 is 1.23 bits per heavy atom. The standard InChI is InChI=1S/C19H22ClN3O2S/c1-13(24)23-19(9-5-2-6-10-19)17(25)22-18-21-12-15(26-18)11-14-7-3-4-8-16(14)20/h3-4,7-8,12H,2,5-6,9-11H2,1H3,(H,23,24)(H,21,22,25). The minimum atomic E-state index is -0.821. The van der Waals surface area contributed by atoms with Crippen molar-refractivity contribution in [3.63, 3.8) is 0 Å². The summed E-state index contributed by atoms with van der Waals surface area (Å²) in [4.78, 5) is 29.8. The lowest BCUT2D eigenvalue weighted by molar-refractivity contribution is -0.130. The number of rotatable bonds is 5. The molecule has 0 saturated heterocycles. The number of halogens is 1. The van der Waals surface area contributed by atoms with Crippen molar-refractivity contribution < 1.29 is 9.59 Å². The minimum Gasteiger partial charge on any atom is -0.342 e. The molecule has 2 amide bonds. The van der Waals surface area contributed by atoms with Gasteiger partial charge in [0.2, 0.25) is 5.91 Å². The molecule has 0 spiro atoms. The van der Waals surface area contributed by atoms with Crippen molar-refractivity contribution in [3.8, 4) is 0 Å². The Hall–Kier alpha value is -1.92. The van der Waals surface area contributed by atoms with Crippen LogP contribution in [0.1, 0.15) is 49.5 Å². The summed E-state index contributed by atoms with van der Waals surface area (Å²) < 4.78 is 0. The first-order valence-corrected chi connectivity index (χ1v) is 9.96. The van der Waals surface area contributed by atoms with E-state index >= 15 is 0 Å². The first kappa shape index (κ1) is 18.9. The minimum absolute atomic E-state index is 0.175. The average Bonchev–Trinajstić information content (AvgIpc) is 3.04. The van der Waals surface area contributed by atoms with Crippen molar-refractivity contribution in [2.75, 3.05) is 5.32 Å². The molecule has 2 aromatic rings. The third kappa shape index (κ3) is 4.43. The number of hydrogen-bond donors (Lipinski definition) is 2. The summed E-state index contributed by atoms with van der Waals surface area (Å²) in [5.41, 5.74) is 0.205. The van der Waals surface area contributed by atoms with Gasteiger partial charge in [-0.05, 0) is 24.5 Å². The van der Waals surface area contributed by atoms with Gasteiger partial charge in [-0.1, -0.05) is 49.1 Å². The number of carbonyl (C=O) groups is 2. The largest absolute Gasteiger partial charge is 0.342 e. The van der Waals surface area contributed by atoms with E-state index < -0.39 is 5.54 Å². The average molecular weight is 392 g/mol. The fraction of sp³-hybridized carbons (Fsp3) is 0.421. The molecule has 2 N–H and O–H groups in total. The normalized spacial score (nSPS) is 16.1. The van der Waals surface area contributed by atoms with E-state index in [4.69, 9.17) is 11.6 Å². The number of nitrogens with zero attached hydrogens (tertiary/aromatic N) is 1. The van der Waals surface area contributed by atoms with Gasteiger partial charge < -0.3 is 5.32 Å². The molecule has 26 heavy (non-hydrogen) atoms. The molecule has 0 radical (unpaired) electrons. The first-order valence-electron chi connectivity index (χ1n) is 8.77. The van der Waals surface area contributed by atoms with E-state index in [9.17, 15) is 9.59 Å². The number of thiazole rings is 1. The van der Waals surface area contributed by atoms with Gasteiger partial charge in [0.15, 0.2) is 5.13 Å². The van der Waals surface area contributed by atoms with Crippen LogP contribution in [0.2, 0.25) is 5.02 Å². The zero-order chi connectivity index (χ0) is 18.6. The summed E-state index contributed by atoms with van der Waals surface area (Å²) in [6, 6.07) is 7.69. The molecule has 5 nitrogen and oxygen atoms in total. The van der Waals surface area contributed by atoms with Gasteiger partial charge in [-0.25, -0.2) is 4.98 Å². The van der Waals surface area contributed by atoms with Gasteiger partial charge in [0.1, 0.15) is 5.54 Å². The summed E-state index contributed by atoms with van der Waals surface area (Å²) in [7, 11) is 0. The highest BCUT2D eigenvalue weighted by atomic mass is 35.5. The molecule has 0 aliphatic heterocycles. The van der Waals surface area contributed by atoms with Crippen LogP contribution in [-0.2, 0) is 16.0 Å². The lowest BCUT2D eigenvalue weighted by Gasteiger charge is -2.35. The van der Waals surface area contributed by atoms with E-state index in [-0.39, 0.29) is 11.8 Å². The number of carbonyl (C=O) groups excluding carboxylic acids is 2. The van der Waals surface area contributed by atoms with Gasteiger partial charge >= 0.3 is 0 Å². The summed E-state index contributed by atoms with van der Waals surface area (Å²) in [6.07, 6.45) is 6.71. The Kier molecular flexibility index (Phi) is 5.94. The summed E-state index contributed by atoms with van der Waals surface area (Å²) >= 11 is 7.64. The second kappa shape index (κ2) is 8.18. The lowest BCUT2D eigenvalue weighted by Crippen LogP contribution is -2.57. The predicted octanol–water partition coefficient (Wildman–Crippen LogP) is 4.16. The quantitative estimate of drug-likeness (QED) is 0.803. The van der Waals surface area contributed by atoms with E-state index in [1.165, 1.54) is 18.3 Å². The maximum absolute atomic E-state index is 12.9. The number of anilines is 1. The number of aromatic nitrogens is 1. The summed E-state index contributed by atoms with van der Waals surface area (Å²) in [6.45, 7) is 1.45. The van der Waals surface area contributed by atoms with Crippen LogP contribution in [0.15, 0.2) is 30.5 Å². The zero-order valence-electron chi connectivity index (χ0n) is 14.7. The van der Waals surface area contributed by atoms with Crippen LogP contribution in [0, 0.1) is 0 Å². The summed E-state index contributed by atoms with van der Waals surface area (Å²) in [5.74, 6) is -0.355. The molecule has 1 saturated carbocycles. The van der Waals surface area contributed by atoms with Gasteiger partial charge in [0.25, 0.3) is 5.91 Å². The monoisotopic (exact) mass is 391 g/mol. The Morgan fingerprint density at radius 2 is 1.96 bits per heavy atom. The molecule has 0 unspecified atom stereocenters. The van der Waals surface area contributed by atoms with Crippen molar-refractivity contribution >= 4 is 39.9 Å². The van der Waals surface area contributed by atoms with Gasteiger partial charge in [0.05, 0.1) is 0 Å². The van der Waals surface area contributed by atoms with Crippen LogP contribution in [0.4, 0.5) is 5.13 Å². The Balaban J connectivity index is 1.70. The smallest absolute Gasteiger partial charge is 0.251 e. The van der Waals surface area contributed by atoms with E-state index in [2.05, 4.69) is 15.6 Å². The highest BCUT2D eigenvalue weighted by molar-refractivity contribution is 7.15. The molecule has 3 rings (SSSR count). The molecule has 1 aliphatic rings. The number of amides is 2. The molecule has 0 bridgehead atoms. The summed E-state index contributed by atoms with van der Waals surface area (Å²) in [5, 5.41) is 7.05. The highest BCUT2D eigenvalue weighted by Gasteiger charge is 2.40. The van der Waals surface area contributed by atoms with Crippen molar-refractivity contribution in [3.05, 3.63) is 45.9 Å². The molecule has 138 valence electrons. The fourth-order valence-electron chi connectivity index (χ4n) is 3.39. The van der Waals surface area contributed by atoms with Crippen LogP contribution in [0.25, 0.3) is 0 Å². The third-order valence-corrected chi connectivity index (χ3v) is 5.94. The van der Waals surface area contributed by atoms with E-state index in [1.807, 2.05) is 24.3 Å². The van der Waals surface area contributed by atoms with Crippen LogP contribution < -0.4 is 10.6 Å². The Morgan fingerprint density at radius 3 is 2.65 bits per heavy atom. The van der Waals surface area contributed by atoms with Gasteiger partial charge in [-0.15, -0.1) is 11.3 Å². The molecule has 0 atom stereocenters. The number of nitrogens with one attached hydrogen (secondary N) is 2. The van der Waals surface area contributed by atoms with Crippen molar-refractivity contribution in [1.29, 1.82) is 0 Å². The topological polar surface area (TPSA) is 71.1 Å². The molecule has 1 aliphatic carbocycles. The first-order chi connectivity index (χ1) is 12.5. The van der Waals surface area contributed by atoms with Gasteiger partial charge in [0, 0.05) is 29.4 Å². The van der Waals surface area contributed by atoms with Crippen LogP contribution in [0.5, 0.6) is 0 Å². The van der Waals surface area contributed by atoms with E-state index in [0.717, 1.165) is 34.7 Å². The van der Waals surface area contributed by atoms with Crippen molar-refractivity contribution in [2.45, 2.75) is 51.0 Å². The molecule has 7 heteroatoms. The maximum Gasteiger partial charge on any atom is 0.251 e. The lowest BCUT2D eigenvalue weighted by atomic mass is 9.81. The second-order valence-corrected chi connectivity index (χ2v) is 8.20. The Labute approximate surface area is 162 Å². The van der Waals surface area contributed by atoms with Gasteiger partial charge in [-0.3, -0.25) is 14.9 Å². The van der Waals surface area contributed by atoms with Crippen LogP contribution in [0.3, 0.4) is 0 Å². The van der Waals surface area contributed by atoms with Crippen molar-refractivity contribution in [2.24, 2.45) is 0 Å². The zero-order valence-corrected chi connectivity index (χ0v) is 16.3. The molecule has 1 heterocycles. The van der Waals surface area contributed by atoms with Crippen molar-refractivity contribution in [1.82, 2.24) is 10.3 Å². The Bertz CT molecular complexity index is 800. The fourth-order valence-corrected chi connectivity index (χ4v) is 4.43. The number of hydrogen-bond acceptors (Lipinski definition) is 4. The number of benzene rings is 1. The third-order valence-electron chi connectivity index (χ3n) is 4.65. The van der Waals surface area contributed by atoms with Crippen LogP contribution in [-0.4, -0.2) is 22.3 Å². The van der Waals surface area contributed by atoms with E-state index in [1.54, 1.807) is 6.20 Å². The molecule has 1 fully saturated rings. The second-order valence-electron chi connectivity index (χ2n) is 6.68. The van der Waals surface area contributed by atoms with E-state index in [0.29, 0.717) is 24.4 Å². The van der Waals surface area contributed by atoms with Gasteiger partial charge in [-0.2, -0.15) is 0 Å².